The molecule has 1 atom stereocenters. The molecule has 0 amide bonds. The summed E-state index contributed by atoms with van der Waals surface area (Å²) >= 11 is 2.05. The maximum absolute atomic E-state index is 2.47. The summed E-state index contributed by atoms with van der Waals surface area (Å²) in [4.78, 5) is 2.11. The molecule has 0 aromatic heterocycles. The third kappa shape index (κ3) is 4.55. The van der Waals surface area contributed by atoms with Gasteiger partial charge in [0.15, 0.2) is 0 Å². The normalized spacial score (nSPS) is 13.2. The van der Waals surface area contributed by atoms with E-state index in [9.17, 15) is 0 Å². The summed E-state index contributed by atoms with van der Waals surface area (Å²) in [5.74, 6) is 0. The fraction of sp³-hybridized carbons (Fsp3) is 0.294. The predicted octanol–water partition coefficient (Wildman–Crippen LogP) is 5.27. The van der Waals surface area contributed by atoms with Crippen LogP contribution in [-0.2, 0) is 6.42 Å². The molecule has 0 N–H and O–H groups in total. The highest BCUT2D eigenvalue weighted by atomic mass is 32.2. The van der Waals surface area contributed by atoms with Crippen molar-refractivity contribution >= 4 is 19.8 Å². The van der Waals surface area contributed by atoms with E-state index in [0.29, 0.717) is 0 Å². The maximum atomic E-state index is 2.47. The molecule has 0 radical (unpaired) electrons. The van der Waals surface area contributed by atoms with Crippen LogP contribution in [0.3, 0.4) is 0 Å². The monoisotopic (exact) mass is 286 g/mol. The minimum absolute atomic E-state index is 0.720. The maximum Gasteiger partial charge on any atom is 0.0596 e. The average Bonchev–Trinajstić information content (AvgIpc) is 2.39. The standard InChI is InChI=1S/C17H22SSi/c1-19(2,3)17(14-15-10-6-4-7-11-15)18-16-12-8-5-9-13-16/h4-13,17H,14H2,1-3H3. The molecule has 19 heavy (non-hydrogen) atoms. The van der Waals surface area contributed by atoms with E-state index in [2.05, 4.69) is 92.1 Å². The molecule has 0 bridgehead atoms. The highest BCUT2D eigenvalue weighted by Crippen LogP contribution is 2.31. The highest BCUT2D eigenvalue weighted by Gasteiger charge is 2.27. The van der Waals surface area contributed by atoms with Crippen molar-refractivity contribution in [3.8, 4) is 0 Å². The SMILES string of the molecule is C[Si](C)(C)C(Cc1ccccc1)Sc1ccccc1. The minimum Gasteiger partial charge on any atom is -0.126 e. The highest BCUT2D eigenvalue weighted by molar-refractivity contribution is 8.01. The molecule has 0 fully saturated rings. The van der Waals surface area contributed by atoms with E-state index in [4.69, 9.17) is 0 Å². The first kappa shape index (κ1) is 14.4. The minimum atomic E-state index is -1.19. The molecule has 2 heteroatoms. The second kappa shape index (κ2) is 6.44. The molecule has 0 nitrogen and oxygen atoms in total. The Hall–Kier alpha value is -0.993. The molecule has 2 aromatic carbocycles. The Morgan fingerprint density at radius 1 is 0.842 bits per heavy atom. The Labute approximate surface area is 122 Å². The van der Waals surface area contributed by atoms with Crippen molar-refractivity contribution in [3.05, 3.63) is 66.2 Å². The summed E-state index contributed by atoms with van der Waals surface area (Å²) in [5.41, 5.74) is 1.46. The molecule has 0 heterocycles. The zero-order valence-electron chi connectivity index (χ0n) is 12.0. The van der Waals surface area contributed by atoms with Crippen LogP contribution in [0, 0.1) is 0 Å². The van der Waals surface area contributed by atoms with E-state index < -0.39 is 8.07 Å². The van der Waals surface area contributed by atoms with Crippen molar-refractivity contribution in [2.75, 3.05) is 0 Å². The van der Waals surface area contributed by atoms with Crippen LogP contribution in [-0.4, -0.2) is 12.9 Å². The van der Waals surface area contributed by atoms with Crippen molar-refractivity contribution < 1.29 is 0 Å². The van der Waals surface area contributed by atoms with E-state index in [1.165, 1.54) is 16.9 Å². The summed E-state index contributed by atoms with van der Waals surface area (Å²) in [6.45, 7) is 7.41. The van der Waals surface area contributed by atoms with Gasteiger partial charge in [0.1, 0.15) is 0 Å². The lowest BCUT2D eigenvalue weighted by Gasteiger charge is -2.28. The van der Waals surface area contributed by atoms with Crippen LogP contribution in [0.5, 0.6) is 0 Å². The molecular formula is C17H22SSi. The van der Waals surface area contributed by atoms with Crippen LogP contribution in [0.2, 0.25) is 19.6 Å². The molecular weight excluding hydrogens is 264 g/mol. The molecule has 0 aliphatic rings. The van der Waals surface area contributed by atoms with Crippen molar-refractivity contribution in [2.45, 2.75) is 35.8 Å². The van der Waals surface area contributed by atoms with Crippen molar-refractivity contribution in [2.24, 2.45) is 0 Å². The Morgan fingerprint density at radius 3 is 1.89 bits per heavy atom. The van der Waals surface area contributed by atoms with Gasteiger partial charge in [-0.25, -0.2) is 0 Å². The van der Waals surface area contributed by atoms with Gasteiger partial charge in [-0.2, -0.15) is 0 Å². The molecule has 0 aliphatic heterocycles. The second-order valence-corrected chi connectivity index (χ2v) is 13.1. The second-order valence-electron chi connectivity index (χ2n) is 5.98. The summed E-state index contributed by atoms with van der Waals surface area (Å²) < 4.78 is 0. The fourth-order valence-electron chi connectivity index (χ4n) is 2.02. The molecule has 2 aromatic rings. The van der Waals surface area contributed by atoms with E-state index in [-0.39, 0.29) is 0 Å². The van der Waals surface area contributed by atoms with Gasteiger partial charge in [0, 0.05) is 9.77 Å². The molecule has 1 unspecified atom stereocenters. The zero-order valence-corrected chi connectivity index (χ0v) is 13.8. The largest absolute Gasteiger partial charge is 0.126 e. The van der Waals surface area contributed by atoms with Crippen LogP contribution >= 0.6 is 11.8 Å². The van der Waals surface area contributed by atoms with Gasteiger partial charge in [0.2, 0.25) is 0 Å². The molecule has 100 valence electrons. The smallest absolute Gasteiger partial charge is 0.0596 e. The molecule has 0 spiro atoms. The van der Waals surface area contributed by atoms with Gasteiger partial charge in [0.25, 0.3) is 0 Å². The number of hydrogen-bond donors (Lipinski definition) is 0. The van der Waals surface area contributed by atoms with Gasteiger partial charge < -0.3 is 0 Å². The van der Waals surface area contributed by atoms with Crippen LogP contribution in [0.1, 0.15) is 5.56 Å². The van der Waals surface area contributed by atoms with Gasteiger partial charge >= 0.3 is 0 Å². The van der Waals surface area contributed by atoms with Gasteiger partial charge in [-0.05, 0) is 24.1 Å². The Balaban J connectivity index is 2.13. The first-order valence-corrected chi connectivity index (χ1v) is 11.3. The number of hydrogen-bond acceptors (Lipinski definition) is 1. The molecule has 2 rings (SSSR count). The number of thioether (sulfide) groups is 1. The van der Waals surface area contributed by atoms with Crippen molar-refractivity contribution in [1.82, 2.24) is 0 Å². The number of rotatable bonds is 5. The van der Waals surface area contributed by atoms with Crippen molar-refractivity contribution in [1.29, 1.82) is 0 Å². The van der Waals surface area contributed by atoms with Gasteiger partial charge in [-0.1, -0.05) is 68.2 Å². The van der Waals surface area contributed by atoms with Crippen LogP contribution in [0.4, 0.5) is 0 Å². The summed E-state index contributed by atoms with van der Waals surface area (Å²) in [6.07, 6.45) is 1.18. The Kier molecular flexibility index (Phi) is 4.89. The van der Waals surface area contributed by atoms with Gasteiger partial charge in [-0.15, -0.1) is 11.8 Å². The van der Waals surface area contributed by atoms with Gasteiger partial charge in [-0.3, -0.25) is 0 Å². The topological polar surface area (TPSA) is 0 Å². The van der Waals surface area contributed by atoms with Crippen LogP contribution < -0.4 is 0 Å². The van der Waals surface area contributed by atoms with Crippen molar-refractivity contribution in [3.63, 3.8) is 0 Å². The lowest BCUT2D eigenvalue weighted by atomic mass is 10.2. The van der Waals surface area contributed by atoms with E-state index >= 15 is 0 Å². The average molecular weight is 287 g/mol. The Morgan fingerprint density at radius 2 is 1.37 bits per heavy atom. The summed E-state index contributed by atoms with van der Waals surface area (Å²) in [6, 6.07) is 21.7. The third-order valence-corrected chi connectivity index (χ3v) is 8.86. The fourth-order valence-corrected chi connectivity index (χ4v) is 5.61. The van der Waals surface area contributed by atoms with E-state index in [1.54, 1.807) is 0 Å². The lowest BCUT2D eigenvalue weighted by molar-refractivity contribution is 1.05. The third-order valence-electron chi connectivity index (χ3n) is 3.25. The lowest BCUT2D eigenvalue weighted by Crippen LogP contribution is -2.37. The first-order valence-electron chi connectivity index (χ1n) is 6.81. The van der Waals surface area contributed by atoms with Gasteiger partial charge in [0.05, 0.1) is 8.07 Å². The zero-order chi connectivity index (χ0) is 13.7. The molecule has 0 aliphatic carbocycles. The first-order chi connectivity index (χ1) is 9.05. The molecule has 0 saturated heterocycles. The van der Waals surface area contributed by atoms with E-state index in [1.807, 2.05) is 0 Å². The van der Waals surface area contributed by atoms with Crippen LogP contribution in [0.25, 0.3) is 0 Å². The predicted molar refractivity (Wildman–Crippen MR) is 89.6 cm³/mol. The Bertz CT molecular complexity index is 446. The summed E-state index contributed by atoms with van der Waals surface area (Å²) in [7, 11) is -1.19. The van der Waals surface area contributed by atoms with Crippen LogP contribution in [0.15, 0.2) is 65.6 Å². The number of benzene rings is 2. The quantitative estimate of drug-likeness (QED) is 0.533. The molecule has 0 saturated carbocycles. The summed E-state index contributed by atoms with van der Waals surface area (Å²) in [5, 5.41) is 0. The van der Waals surface area contributed by atoms with E-state index in [0.717, 1.165) is 4.87 Å².